The van der Waals surface area contributed by atoms with Crippen molar-refractivity contribution in [2.75, 3.05) is 12.4 Å². The molecule has 0 saturated heterocycles. The van der Waals surface area contributed by atoms with Gasteiger partial charge >= 0.3 is 12.0 Å². The summed E-state index contributed by atoms with van der Waals surface area (Å²) in [7, 11) is 1.60. The van der Waals surface area contributed by atoms with Crippen molar-refractivity contribution in [3.05, 3.63) is 41.5 Å². The Morgan fingerprint density at radius 1 is 1.43 bits per heavy atom. The lowest BCUT2D eigenvalue weighted by molar-refractivity contribution is 0.0696. The quantitative estimate of drug-likeness (QED) is 0.789. The molecule has 0 radical (unpaired) electrons. The number of rotatable bonds is 4. The Labute approximate surface area is 120 Å². The minimum absolute atomic E-state index is 0.158. The number of carbonyl (C=O) groups excluding carboxylic acids is 1. The van der Waals surface area contributed by atoms with E-state index in [0.29, 0.717) is 17.1 Å². The van der Waals surface area contributed by atoms with E-state index in [1.807, 2.05) is 0 Å². The Bertz CT molecular complexity index is 654. The van der Waals surface area contributed by atoms with Gasteiger partial charge in [0.2, 0.25) is 0 Å². The van der Waals surface area contributed by atoms with Crippen LogP contribution in [-0.2, 0) is 6.54 Å². The number of urea groups is 1. The highest BCUT2D eigenvalue weighted by atomic mass is 16.4. The first kappa shape index (κ1) is 14.5. The SMILES string of the molecule is Cc1ccc(NC(=O)N(C)Cc2ncn[nH]2)cc1C(=O)O. The lowest BCUT2D eigenvalue weighted by Gasteiger charge is -2.17. The average Bonchev–Trinajstić information content (AvgIpc) is 2.93. The molecule has 1 aromatic heterocycles. The van der Waals surface area contributed by atoms with Crippen LogP contribution in [0.1, 0.15) is 21.7 Å². The maximum absolute atomic E-state index is 12.0. The summed E-state index contributed by atoms with van der Waals surface area (Å²) in [6, 6.07) is 4.36. The zero-order valence-electron chi connectivity index (χ0n) is 11.6. The number of nitrogens with one attached hydrogen (secondary N) is 2. The Balaban J connectivity index is 2.05. The number of anilines is 1. The highest BCUT2D eigenvalue weighted by Crippen LogP contribution is 2.16. The first-order valence-electron chi connectivity index (χ1n) is 6.17. The van der Waals surface area contributed by atoms with Crippen LogP contribution in [0.15, 0.2) is 24.5 Å². The van der Waals surface area contributed by atoms with Crippen molar-refractivity contribution in [3.8, 4) is 0 Å². The Kier molecular flexibility index (Phi) is 4.17. The third-order valence-corrected chi connectivity index (χ3v) is 2.92. The molecule has 21 heavy (non-hydrogen) atoms. The summed E-state index contributed by atoms with van der Waals surface area (Å²) in [5, 5.41) is 18.1. The van der Waals surface area contributed by atoms with Gasteiger partial charge in [0.25, 0.3) is 0 Å². The second-order valence-electron chi connectivity index (χ2n) is 4.55. The van der Waals surface area contributed by atoms with Crippen LogP contribution in [0.2, 0.25) is 0 Å². The predicted octanol–water partition coefficient (Wildman–Crippen LogP) is 1.48. The van der Waals surface area contributed by atoms with Crippen molar-refractivity contribution in [2.45, 2.75) is 13.5 Å². The van der Waals surface area contributed by atoms with Crippen LogP contribution in [0.4, 0.5) is 10.5 Å². The van der Waals surface area contributed by atoms with E-state index in [-0.39, 0.29) is 18.1 Å². The number of carbonyl (C=O) groups is 2. The van der Waals surface area contributed by atoms with E-state index in [1.165, 1.54) is 17.3 Å². The third kappa shape index (κ3) is 3.56. The van der Waals surface area contributed by atoms with Gasteiger partial charge in [0.15, 0.2) is 0 Å². The van der Waals surface area contributed by atoms with E-state index in [4.69, 9.17) is 5.11 Å². The van der Waals surface area contributed by atoms with Crippen LogP contribution in [0, 0.1) is 6.92 Å². The van der Waals surface area contributed by atoms with Crippen molar-refractivity contribution < 1.29 is 14.7 Å². The van der Waals surface area contributed by atoms with E-state index in [1.54, 1.807) is 26.1 Å². The lowest BCUT2D eigenvalue weighted by Crippen LogP contribution is -2.31. The normalized spacial score (nSPS) is 10.2. The number of nitrogens with zero attached hydrogens (tertiary/aromatic N) is 3. The van der Waals surface area contributed by atoms with Gasteiger partial charge in [-0.05, 0) is 24.6 Å². The van der Waals surface area contributed by atoms with Crippen LogP contribution in [0.25, 0.3) is 0 Å². The maximum Gasteiger partial charge on any atom is 0.336 e. The number of aromatic amines is 1. The minimum atomic E-state index is -1.03. The van der Waals surface area contributed by atoms with E-state index >= 15 is 0 Å². The van der Waals surface area contributed by atoms with E-state index in [2.05, 4.69) is 20.5 Å². The first-order chi connectivity index (χ1) is 9.97. The van der Waals surface area contributed by atoms with Gasteiger partial charge in [0.1, 0.15) is 12.2 Å². The highest BCUT2D eigenvalue weighted by molar-refractivity contribution is 5.94. The number of aromatic nitrogens is 3. The van der Waals surface area contributed by atoms with Crippen molar-refractivity contribution in [2.24, 2.45) is 0 Å². The molecule has 1 heterocycles. The first-order valence-corrected chi connectivity index (χ1v) is 6.17. The molecule has 8 nitrogen and oxygen atoms in total. The average molecular weight is 289 g/mol. The number of benzene rings is 1. The molecule has 0 bridgehead atoms. The summed E-state index contributed by atoms with van der Waals surface area (Å²) in [6.07, 6.45) is 1.36. The van der Waals surface area contributed by atoms with Gasteiger partial charge in [-0.3, -0.25) is 5.10 Å². The van der Waals surface area contributed by atoms with Crippen LogP contribution >= 0.6 is 0 Å². The summed E-state index contributed by atoms with van der Waals surface area (Å²) in [5.41, 5.74) is 1.22. The number of amides is 2. The minimum Gasteiger partial charge on any atom is -0.478 e. The molecule has 2 rings (SSSR count). The smallest absolute Gasteiger partial charge is 0.336 e. The fourth-order valence-electron chi connectivity index (χ4n) is 1.75. The molecule has 0 saturated carbocycles. The molecule has 110 valence electrons. The molecule has 0 aliphatic rings. The number of hydrogen-bond acceptors (Lipinski definition) is 4. The molecule has 0 spiro atoms. The zero-order chi connectivity index (χ0) is 15.4. The monoisotopic (exact) mass is 289 g/mol. The van der Waals surface area contributed by atoms with Crippen LogP contribution in [-0.4, -0.2) is 44.2 Å². The molecule has 0 fully saturated rings. The number of carboxylic acids is 1. The Morgan fingerprint density at radius 3 is 2.81 bits per heavy atom. The van der Waals surface area contributed by atoms with Gasteiger partial charge in [0.05, 0.1) is 12.1 Å². The second kappa shape index (κ2) is 6.04. The second-order valence-corrected chi connectivity index (χ2v) is 4.55. The van der Waals surface area contributed by atoms with Crippen molar-refractivity contribution >= 4 is 17.7 Å². The molecule has 0 unspecified atom stereocenters. The van der Waals surface area contributed by atoms with Crippen LogP contribution in [0.3, 0.4) is 0 Å². The molecule has 0 aliphatic heterocycles. The fraction of sp³-hybridized carbons (Fsp3) is 0.231. The molecule has 3 N–H and O–H groups in total. The molecular formula is C13H15N5O3. The predicted molar refractivity (Wildman–Crippen MR) is 75.0 cm³/mol. The van der Waals surface area contributed by atoms with Gasteiger partial charge in [-0.1, -0.05) is 6.07 Å². The Morgan fingerprint density at radius 2 is 2.19 bits per heavy atom. The molecule has 2 aromatic rings. The summed E-state index contributed by atoms with van der Waals surface area (Å²) >= 11 is 0. The molecule has 0 aliphatic carbocycles. The lowest BCUT2D eigenvalue weighted by atomic mass is 10.1. The number of carboxylic acid groups (broad SMARTS) is 1. The molecular weight excluding hydrogens is 274 g/mol. The maximum atomic E-state index is 12.0. The molecule has 8 heteroatoms. The van der Waals surface area contributed by atoms with Crippen molar-refractivity contribution in [1.82, 2.24) is 20.1 Å². The summed E-state index contributed by atoms with van der Waals surface area (Å²) in [6.45, 7) is 1.97. The van der Waals surface area contributed by atoms with Crippen LogP contribution in [0.5, 0.6) is 0 Å². The van der Waals surface area contributed by atoms with Gasteiger partial charge < -0.3 is 15.3 Å². The van der Waals surface area contributed by atoms with Crippen molar-refractivity contribution in [3.63, 3.8) is 0 Å². The largest absolute Gasteiger partial charge is 0.478 e. The summed E-state index contributed by atoms with van der Waals surface area (Å²) in [5.74, 6) is -0.471. The highest BCUT2D eigenvalue weighted by Gasteiger charge is 2.13. The van der Waals surface area contributed by atoms with E-state index < -0.39 is 5.97 Å². The Hall–Kier alpha value is -2.90. The summed E-state index contributed by atoms with van der Waals surface area (Å²) in [4.78, 5) is 28.4. The number of aryl methyl sites for hydroxylation is 1. The topological polar surface area (TPSA) is 111 Å². The van der Waals surface area contributed by atoms with E-state index in [0.717, 1.165) is 0 Å². The van der Waals surface area contributed by atoms with Crippen molar-refractivity contribution in [1.29, 1.82) is 0 Å². The number of aromatic carboxylic acids is 1. The number of hydrogen-bond donors (Lipinski definition) is 3. The zero-order valence-corrected chi connectivity index (χ0v) is 11.6. The van der Waals surface area contributed by atoms with Gasteiger partial charge in [-0.2, -0.15) is 5.10 Å². The molecule has 0 atom stereocenters. The summed E-state index contributed by atoms with van der Waals surface area (Å²) < 4.78 is 0. The fourth-order valence-corrected chi connectivity index (χ4v) is 1.75. The van der Waals surface area contributed by atoms with Gasteiger partial charge in [-0.25, -0.2) is 14.6 Å². The standard InChI is InChI=1S/C13H15N5O3/c1-8-3-4-9(5-10(8)12(19)20)16-13(21)18(2)6-11-14-7-15-17-11/h3-5,7H,6H2,1-2H3,(H,16,21)(H,19,20)(H,14,15,17). The number of H-pyrrole nitrogens is 1. The molecule has 1 aromatic carbocycles. The van der Waals surface area contributed by atoms with E-state index in [9.17, 15) is 9.59 Å². The van der Waals surface area contributed by atoms with Gasteiger partial charge in [0, 0.05) is 12.7 Å². The molecule has 2 amide bonds. The third-order valence-electron chi connectivity index (χ3n) is 2.92. The van der Waals surface area contributed by atoms with Gasteiger partial charge in [-0.15, -0.1) is 0 Å². The van der Waals surface area contributed by atoms with Crippen LogP contribution < -0.4 is 5.32 Å².